The first kappa shape index (κ1) is 16.9. The number of hydrogen-bond donors (Lipinski definition) is 1. The first-order valence-electron chi connectivity index (χ1n) is 8.76. The lowest BCUT2D eigenvalue weighted by molar-refractivity contribution is -0.146. The Morgan fingerprint density at radius 2 is 2.13 bits per heavy atom. The van der Waals surface area contributed by atoms with E-state index in [4.69, 9.17) is 0 Å². The van der Waals surface area contributed by atoms with E-state index in [9.17, 15) is 9.90 Å². The highest BCUT2D eigenvalue weighted by Gasteiger charge is 2.44. The van der Waals surface area contributed by atoms with E-state index in [-0.39, 0.29) is 17.9 Å². The highest BCUT2D eigenvalue weighted by Crippen LogP contribution is 2.40. The van der Waals surface area contributed by atoms with Crippen molar-refractivity contribution in [3.05, 3.63) is 24.5 Å². The van der Waals surface area contributed by atoms with Crippen LogP contribution in [0.15, 0.2) is 24.5 Å². The number of fused-ring (bicyclic) bond motifs is 1. The van der Waals surface area contributed by atoms with Crippen molar-refractivity contribution in [1.29, 1.82) is 0 Å². The summed E-state index contributed by atoms with van der Waals surface area (Å²) in [5.74, 6) is 1.47. The number of piperidine rings is 1. The Morgan fingerprint density at radius 1 is 1.35 bits per heavy atom. The third-order valence-corrected chi connectivity index (χ3v) is 6.25. The van der Waals surface area contributed by atoms with Crippen LogP contribution in [0.1, 0.15) is 44.6 Å². The van der Waals surface area contributed by atoms with E-state index < -0.39 is 5.60 Å². The van der Waals surface area contributed by atoms with Crippen LogP contribution in [0.5, 0.6) is 0 Å². The first-order valence-corrected chi connectivity index (χ1v) is 10.2. The first-order chi connectivity index (χ1) is 11.1. The predicted molar refractivity (Wildman–Crippen MR) is 94.6 cm³/mol. The third-order valence-electron chi connectivity index (χ3n) is 5.61. The number of nitrogens with zero attached hydrogens (tertiary/aromatic N) is 2. The number of amides is 1. The Morgan fingerprint density at radius 3 is 2.87 bits per heavy atom. The molecule has 23 heavy (non-hydrogen) atoms. The zero-order valence-corrected chi connectivity index (χ0v) is 14.8. The number of aliphatic hydroxyl groups is 1. The summed E-state index contributed by atoms with van der Waals surface area (Å²) in [4.78, 5) is 15.1. The molecule has 128 valence electrons. The second kappa shape index (κ2) is 7.31. The molecular weight excluding hydrogens is 308 g/mol. The minimum Gasteiger partial charge on any atom is -0.389 e. The molecule has 0 spiro atoms. The maximum absolute atomic E-state index is 13.1. The van der Waals surface area contributed by atoms with Gasteiger partial charge in [-0.3, -0.25) is 4.79 Å². The molecule has 1 aliphatic carbocycles. The van der Waals surface area contributed by atoms with Crippen molar-refractivity contribution in [2.24, 2.45) is 5.92 Å². The third kappa shape index (κ3) is 3.61. The Bertz CT molecular complexity index is 519. The van der Waals surface area contributed by atoms with Gasteiger partial charge in [-0.2, -0.15) is 11.8 Å². The van der Waals surface area contributed by atoms with Gasteiger partial charge in [-0.1, -0.05) is 12.8 Å². The van der Waals surface area contributed by atoms with Crippen LogP contribution in [-0.4, -0.2) is 51.2 Å². The molecule has 5 heteroatoms. The maximum Gasteiger partial charge on any atom is 0.245 e. The molecule has 0 bridgehead atoms. The standard InChI is InChI=1S/C18H28N2O2S/c1-23-13-7-16(19-10-4-5-11-19)17(21)20-12-9-18(22)8-3-2-6-15(18)14-20/h4-5,10-11,15-16,22H,2-3,6-9,12-14H2,1H3/t15-,16-,18-/m1/s1. The van der Waals surface area contributed by atoms with Gasteiger partial charge >= 0.3 is 0 Å². The van der Waals surface area contributed by atoms with Gasteiger partial charge in [-0.25, -0.2) is 0 Å². The van der Waals surface area contributed by atoms with E-state index in [0.29, 0.717) is 6.54 Å². The van der Waals surface area contributed by atoms with Gasteiger partial charge < -0.3 is 14.6 Å². The van der Waals surface area contributed by atoms with Crippen molar-refractivity contribution >= 4 is 17.7 Å². The smallest absolute Gasteiger partial charge is 0.245 e. The SMILES string of the molecule is CSCC[C@H](C(=O)N1CC[C@]2(O)CCCC[C@@H]2C1)n1cccc1. The van der Waals surface area contributed by atoms with E-state index in [2.05, 4.69) is 6.26 Å². The lowest BCUT2D eigenvalue weighted by Crippen LogP contribution is -2.55. The van der Waals surface area contributed by atoms with Crippen molar-refractivity contribution in [2.45, 2.75) is 50.2 Å². The number of hydrogen-bond acceptors (Lipinski definition) is 3. The van der Waals surface area contributed by atoms with Crippen molar-refractivity contribution < 1.29 is 9.90 Å². The van der Waals surface area contributed by atoms with Crippen molar-refractivity contribution in [3.63, 3.8) is 0 Å². The second-order valence-corrected chi connectivity index (χ2v) is 7.99. The van der Waals surface area contributed by atoms with Gasteiger partial charge in [0, 0.05) is 31.4 Å². The maximum atomic E-state index is 13.1. The Labute approximate surface area is 143 Å². The molecule has 2 heterocycles. The highest BCUT2D eigenvalue weighted by atomic mass is 32.2. The van der Waals surface area contributed by atoms with E-state index in [1.54, 1.807) is 11.8 Å². The van der Waals surface area contributed by atoms with Crippen LogP contribution in [0.3, 0.4) is 0 Å². The summed E-state index contributed by atoms with van der Waals surface area (Å²) in [5.41, 5.74) is -0.517. The number of aromatic nitrogens is 1. The monoisotopic (exact) mass is 336 g/mol. The quantitative estimate of drug-likeness (QED) is 0.899. The molecule has 1 saturated carbocycles. The van der Waals surface area contributed by atoms with Gasteiger partial charge in [0.1, 0.15) is 6.04 Å². The molecule has 1 aromatic rings. The number of thioether (sulfide) groups is 1. The molecule has 3 rings (SSSR count). The summed E-state index contributed by atoms with van der Waals surface area (Å²) in [7, 11) is 0. The molecule has 1 N–H and O–H groups in total. The molecule has 1 aliphatic heterocycles. The molecule has 0 unspecified atom stereocenters. The van der Waals surface area contributed by atoms with Crippen LogP contribution in [0.2, 0.25) is 0 Å². The van der Waals surface area contributed by atoms with Crippen molar-refractivity contribution in [3.8, 4) is 0 Å². The zero-order valence-electron chi connectivity index (χ0n) is 14.0. The summed E-state index contributed by atoms with van der Waals surface area (Å²) in [5, 5.41) is 10.8. The fourth-order valence-corrected chi connectivity index (χ4v) is 4.63. The largest absolute Gasteiger partial charge is 0.389 e. The minimum absolute atomic E-state index is 0.104. The molecule has 3 atom stereocenters. The van der Waals surface area contributed by atoms with Crippen LogP contribution >= 0.6 is 11.8 Å². The van der Waals surface area contributed by atoms with Gasteiger partial charge in [0.2, 0.25) is 5.91 Å². The molecule has 0 radical (unpaired) electrons. The van der Waals surface area contributed by atoms with Crippen LogP contribution in [0, 0.1) is 5.92 Å². The van der Waals surface area contributed by atoms with Crippen LogP contribution in [0.25, 0.3) is 0 Å². The number of rotatable bonds is 5. The Hall–Kier alpha value is -0.940. The lowest BCUT2D eigenvalue weighted by Gasteiger charge is -2.48. The zero-order chi connectivity index (χ0) is 16.3. The molecule has 0 aromatic carbocycles. The summed E-state index contributed by atoms with van der Waals surface area (Å²) in [6.45, 7) is 1.43. The molecule has 2 fully saturated rings. The highest BCUT2D eigenvalue weighted by molar-refractivity contribution is 7.98. The summed E-state index contributed by atoms with van der Waals surface area (Å²) in [6.07, 6.45) is 11.9. The van der Waals surface area contributed by atoms with Crippen LogP contribution < -0.4 is 0 Å². The lowest BCUT2D eigenvalue weighted by atomic mass is 9.71. The van der Waals surface area contributed by atoms with Gasteiger partial charge in [0.25, 0.3) is 0 Å². The fraction of sp³-hybridized carbons (Fsp3) is 0.722. The average molecular weight is 337 g/mol. The molecule has 1 amide bonds. The number of carbonyl (C=O) groups is 1. The number of carbonyl (C=O) groups excluding carboxylic acids is 1. The summed E-state index contributed by atoms with van der Waals surface area (Å²) in [6, 6.07) is 3.86. The Kier molecular flexibility index (Phi) is 5.37. The van der Waals surface area contributed by atoms with Gasteiger partial charge in [0.05, 0.1) is 5.60 Å². The predicted octanol–water partition coefficient (Wildman–Crippen LogP) is 2.94. The van der Waals surface area contributed by atoms with Crippen LogP contribution in [-0.2, 0) is 4.79 Å². The molecule has 1 aromatic heterocycles. The van der Waals surface area contributed by atoms with E-state index in [1.807, 2.05) is 34.0 Å². The molecule has 4 nitrogen and oxygen atoms in total. The van der Waals surface area contributed by atoms with E-state index in [1.165, 1.54) is 6.42 Å². The van der Waals surface area contributed by atoms with E-state index in [0.717, 1.165) is 44.4 Å². The molecule has 2 aliphatic rings. The second-order valence-electron chi connectivity index (χ2n) is 7.01. The van der Waals surface area contributed by atoms with E-state index >= 15 is 0 Å². The molecule has 1 saturated heterocycles. The average Bonchev–Trinajstić information content (AvgIpc) is 3.08. The van der Waals surface area contributed by atoms with Crippen molar-refractivity contribution in [1.82, 2.24) is 9.47 Å². The van der Waals surface area contributed by atoms with Crippen LogP contribution in [0.4, 0.5) is 0 Å². The summed E-state index contributed by atoms with van der Waals surface area (Å²) >= 11 is 1.78. The fourth-order valence-electron chi connectivity index (χ4n) is 4.17. The molecular formula is C18H28N2O2S. The normalized spacial score (nSPS) is 29.1. The van der Waals surface area contributed by atoms with Gasteiger partial charge in [-0.05, 0) is 49.8 Å². The van der Waals surface area contributed by atoms with Gasteiger partial charge in [0.15, 0.2) is 0 Å². The summed E-state index contributed by atoms with van der Waals surface area (Å²) < 4.78 is 2.04. The Balaban J connectivity index is 1.70. The minimum atomic E-state index is -0.517. The van der Waals surface area contributed by atoms with Gasteiger partial charge in [-0.15, -0.1) is 0 Å². The number of likely N-dealkylation sites (tertiary alicyclic amines) is 1. The van der Waals surface area contributed by atoms with Crippen molar-refractivity contribution in [2.75, 3.05) is 25.1 Å². The topological polar surface area (TPSA) is 45.5 Å².